The van der Waals surface area contributed by atoms with Crippen molar-refractivity contribution in [3.8, 4) is 11.5 Å². The molecule has 3 rings (SSSR count). The van der Waals surface area contributed by atoms with Crippen molar-refractivity contribution in [1.29, 1.82) is 0 Å². The number of furan rings is 1. The van der Waals surface area contributed by atoms with Crippen LogP contribution in [0.5, 0.6) is 0 Å². The molecule has 0 aliphatic heterocycles. The lowest BCUT2D eigenvalue weighted by molar-refractivity contribution is 0.580. The van der Waals surface area contributed by atoms with Gasteiger partial charge in [-0.3, -0.25) is 4.40 Å². The van der Waals surface area contributed by atoms with Crippen LogP contribution in [0.3, 0.4) is 0 Å². The molecule has 90 valence electrons. The van der Waals surface area contributed by atoms with Crippen LogP contribution in [0.1, 0.15) is 5.56 Å². The first kappa shape index (κ1) is 11.2. The Morgan fingerprint density at radius 2 is 2.33 bits per heavy atom. The van der Waals surface area contributed by atoms with E-state index in [0.717, 1.165) is 10.0 Å². The summed E-state index contributed by atoms with van der Waals surface area (Å²) in [6.07, 6.45) is 3.35. The highest BCUT2D eigenvalue weighted by Gasteiger charge is 2.18. The summed E-state index contributed by atoms with van der Waals surface area (Å²) in [6, 6.07) is 5.42. The Kier molecular flexibility index (Phi) is 2.52. The molecule has 0 spiro atoms. The van der Waals surface area contributed by atoms with Crippen LogP contribution in [0.15, 0.2) is 44.7 Å². The molecule has 18 heavy (non-hydrogen) atoms. The summed E-state index contributed by atoms with van der Waals surface area (Å²) in [5.41, 5.74) is 2.09. The van der Waals surface area contributed by atoms with Crippen molar-refractivity contribution < 1.29 is 4.42 Å². The standard InChI is InChI=1S/C12H8BrN3O2/c1-7-5-8(13)11-14-10(9-3-2-4-18-9)12(15-17)16(11)6-7/h2-6H,1H3. The number of hydrogen-bond donors (Lipinski definition) is 0. The fourth-order valence-electron chi connectivity index (χ4n) is 1.89. The van der Waals surface area contributed by atoms with Crippen LogP contribution in [0.2, 0.25) is 0 Å². The zero-order valence-electron chi connectivity index (χ0n) is 9.42. The van der Waals surface area contributed by atoms with E-state index in [1.165, 1.54) is 6.26 Å². The number of imidazole rings is 1. The SMILES string of the molecule is Cc1cc(Br)c2nc(-c3ccco3)c(N=O)n2c1. The maximum absolute atomic E-state index is 11.1. The van der Waals surface area contributed by atoms with E-state index in [2.05, 4.69) is 26.1 Å². The lowest BCUT2D eigenvalue weighted by Gasteiger charge is -1.99. The topological polar surface area (TPSA) is 59.9 Å². The molecule has 5 nitrogen and oxygen atoms in total. The lowest BCUT2D eigenvalue weighted by atomic mass is 10.3. The molecule has 0 aliphatic carbocycles. The van der Waals surface area contributed by atoms with Gasteiger partial charge in [0.2, 0.25) is 5.82 Å². The summed E-state index contributed by atoms with van der Waals surface area (Å²) in [5, 5.41) is 3.07. The van der Waals surface area contributed by atoms with E-state index in [-0.39, 0.29) is 5.82 Å². The molecule has 0 saturated heterocycles. The van der Waals surface area contributed by atoms with Crippen molar-refractivity contribution in [2.24, 2.45) is 5.18 Å². The molecule has 0 bridgehead atoms. The third-order valence-electron chi connectivity index (χ3n) is 2.63. The number of fused-ring (bicyclic) bond motifs is 1. The van der Waals surface area contributed by atoms with Gasteiger partial charge in [-0.2, -0.15) is 0 Å². The monoisotopic (exact) mass is 305 g/mol. The first-order chi connectivity index (χ1) is 8.70. The van der Waals surface area contributed by atoms with E-state index in [9.17, 15) is 4.91 Å². The number of hydrogen-bond acceptors (Lipinski definition) is 4. The molecule has 0 N–H and O–H groups in total. The second kappa shape index (κ2) is 4.06. The summed E-state index contributed by atoms with van der Waals surface area (Å²) >= 11 is 3.43. The highest BCUT2D eigenvalue weighted by Crippen LogP contribution is 2.33. The summed E-state index contributed by atoms with van der Waals surface area (Å²) in [7, 11) is 0. The van der Waals surface area contributed by atoms with Crippen molar-refractivity contribution in [1.82, 2.24) is 9.38 Å². The third-order valence-corrected chi connectivity index (χ3v) is 3.21. The van der Waals surface area contributed by atoms with Crippen molar-refractivity contribution in [2.75, 3.05) is 0 Å². The quantitative estimate of drug-likeness (QED) is 0.671. The highest BCUT2D eigenvalue weighted by atomic mass is 79.9. The number of rotatable bonds is 2. The van der Waals surface area contributed by atoms with Gasteiger partial charge in [0.1, 0.15) is 0 Å². The van der Waals surface area contributed by atoms with Crippen LogP contribution < -0.4 is 0 Å². The molecule has 3 heterocycles. The lowest BCUT2D eigenvalue weighted by Crippen LogP contribution is -1.86. The van der Waals surface area contributed by atoms with Crippen LogP contribution in [0.4, 0.5) is 5.82 Å². The minimum atomic E-state index is 0.240. The molecule has 0 radical (unpaired) electrons. The van der Waals surface area contributed by atoms with Crippen molar-refractivity contribution in [3.05, 3.63) is 45.6 Å². The number of halogens is 1. The first-order valence-corrected chi connectivity index (χ1v) is 6.05. The van der Waals surface area contributed by atoms with Gasteiger partial charge >= 0.3 is 0 Å². The normalized spacial score (nSPS) is 11.0. The summed E-state index contributed by atoms with van der Waals surface area (Å²) in [4.78, 5) is 15.4. The van der Waals surface area contributed by atoms with Gasteiger partial charge in [-0.15, -0.1) is 4.91 Å². The van der Waals surface area contributed by atoms with E-state index in [0.29, 0.717) is 17.1 Å². The number of aryl methyl sites for hydroxylation is 1. The highest BCUT2D eigenvalue weighted by molar-refractivity contribution is 9.10. The van der Waals surface area contributed by atoms with E-state index in [1.807, 2.05) is 19.2 Å². The van der Waals surface area contributed by atoms with Crippen molar-refractivity contribution in [3.63, 3.8) is 0 Å². The number of nitrogens with zero attached hydrogens (tertiary/aromatic N) is 3. The maximum Gasteiger partial charge on any atom is 0.212 e. The second-order valence-electron chi connectivity index (χ2n) is 3.91. The molecule has 0 fully saturated rings. The van der Waals surface area contributed by atoms with Gasteiger partial charge in [-0.1, -0.05) is 0 Å². The van der Waals surface area contributed by atoms with Gasteiger partial charge in [0.05, 0.1) is 10.7 Å². The largest absolute Gasteiger partial charge is 0.463 e. The van der Waals surface area contributed by atoms with Crippen LogP contribution in [-0.2, 0) is 0 Å². The predicted molar refractivity (Wildman–Crippen MR) is 70.8 cm³/mol. The molecule has 6 heteroatoms. The van der Waals surface area contributed by atoms with Crippen LogP contribution in [0.25, 0.3) is 17.1 Å². The van der Waals surface area contributed by atoms with Gasteiger partial charge < -0.3 is 4.42 Å². The summed E-state index contributed by atoms with van der Waals surface area (Å²) in [6.45, 7) is 1.94. The third kappa shape index (κ3) is 1.57. The zero-order chi connectivity index (χ0) is 12.7. The molecule has 0 aromatic carbocycles. The van der Waals surface area contributed by atoms with Crippen molar-refractivity contribution in [2.45, 2.75) is 6.92 Å². The average molecular weight is 306 g/mol. The van der Waals surface area contributed by atoms with Crippen LogP contribution in [0, 0.1) is 11.8 Å². The second-order valence-corrected chi connectivity index (χ2v) is 4.77. The molecular weight excluding hydrogens is 298 g/mol. The molecule has 0 saturated carbocycles. The van der Waals surface area contributed by atoms with Gasteiger partial charge in [0.15, 0.2) is 17.1 Å². The smallest absolute Gasteiger partial charge is 0.212 e. The molecule has 0 atom stereocenters. The van der Waals surface area contributed by atoms with Gasteiger partial charge in [-0.25, -0.2) is 4.98 Å². The molecular formula is C12H8BrN3O2. The van der Waals surface area contributed by atoms with E-state index >= 15 is 0 Å². The molecule has 3 aromatic heterocycles. The molecule has 0 aliphatic rings. The Bertz CT molecular complexity index is 731. The minimum Gasteiger partial charge on any atom is -0.463 e. The number of nitroso groups, excluding NO2 is 1. The summed E-state index contributed by atoms with van der Waals surface area (Å²) in [5.74, 6) is 0.766. The minimum absolute atomic E-state index is 0.240. The summed E-state index contributed by atoms with van der Waals surface area (Å²) < 4.78 is 7.74. The predicted octanol–water partition coefficient (Wildman–Crippen LogP) is 4.06. The van der Waals surface area contributed by atoms with E-state index < -0.39 is 0 Å². The average Bonchev–Trinajstić information content (AvgIpc) is 2.93. The maximum atomic E-state index is 11.1. The Hall–Kier alpha value is -1.95. The van der Waals surface area contributed by atoms with Crippen LogP contribution in [-0.4, -0.2) is 9.38 Å². The first-order valence-electron chi connectivity index (χ1n) is 5.26. The van der Waals surface area contributed by atoms with Crippen LogP contribution >= 0.6 is 15.9 Å². The van der Waals surface area contributed by atoms with Gasteiger partial charge in [-0.05, 0) is 51.8 Å². The Morgan fingerprint density at radius 3 is 3.00 bits per heavy atom. The van der Waals surface area contributed by atoms with Gasteiger partial charge in [0, 0.05) is 6.20 Å². The Balaban J connectivity index is 2.41. The van der Waals surface area contributed by atoms with Crippen molar-refractivity contribution >= 4 is 27.4 Å². The fourth-order valence-corrected chi connectivity index (χ4v) is 2.53. The number of aromatic nitrogens is 2. The number of pyridine rings is 1. The van der Waals surface area contributed by atoms with Gasteiger partial charge in [0.25, 0.3) is 0 Å². The van der Waals surface area contributed by atoms with E-state index in [1.54, 1.807) is 16.5 Å². The fraction of sp³-hybridized carbons (Fsp3) is 0.0833. The Morgan fingerprint density at radius 1 is 1.50 bits per heavy atom. The zero-order valence-corrected chi connectivity index (χ0v) is 11.0. The molecule has 0 amide bonds. The molecule has 3 aromatic rings. The Labute approximate surface area is 111 Å². The van der Waals surface area contributed by atoms with E-state index in [4.69, 9.17) is 4.42 Å². The molecule has 0 unspecified atom stereocenters.